The van der Waals surface area contributed by atoms with E-state index < -0.39 is 11.9 Å². The number of benzene rings is 1. The lowest BCUT2D eigenvalue weighted by molar-refractivity contribution is -0.320. The monoisotopic (exact) mass is 559 g/mol. The zero-order valence-corrected chi connectivity index (χ0v) is 25.9. The predicted molar refractivity (Wildman–Crippen MR) is 158 cm³/mol. The smallest absolute Gasteiger partial charge is 0.220 e. The maximum atomic E-state index is 11.9. The van der Waals surface area contributed by atoms with Gasteiger partial charge in [-0.25, -0.2) is 0 Å². The summed E-state index contributed by atoms with van der Waals surface area (Å²) in [6.45, 7) is 14.6. The highest BCUT2D eigenvalue weighted by Gasteiger charge is 2.44. The molecule has 1 saturated heterocycles. The van der Waals surface area contributed by atoms with Crippen molar-refractivity contribution in [1.29, 1.82) is 0 Å². The number of amides is 1. The van der Waals surface area contributed by atoms with Crippen molar-refractivity contribution < 1.29 is 28.8 Å². The van der Waals surface area contributed by atoms with Gasteiger partial charge < -0.3 is 29.8 Å². The second-order valence-electron chi connectivity index (χ2n) is 12.2. The minimum absolute atomic E-state index is 0.00632. The molecule has 3 N–H and O–H groups in total. The molecule has 1 amide bonds. The molecule has 0 radical (unpaired) electrons. The highest BCUT2D eigenvalue weighted by Crippen LogP contribution is 2.38. The SMILES string of the molecule is C#CCC[C@H](C)[C@@H]1C[C@@H]([C@H](C)[C@H](OCc2ccc(OC)cc2)[C@H](C)[C@@H](O)[C@@H](C)C[C@H](CC)C(N)=O)OC(C)(C)O1. The summed E-state index contributed by atoms with van der Waals surface area (Å²) < 4.78 is 24.7. The molecule has 2 rings (SSSR count). The van der Waals surface area contributed by atoms with Gasteiger partial charge in [-0.2, -0.15) is 0 Å². The summed E-state index contributed by atoms with van der Waals surface area (Å²) in [7, 11) is 1.64. The molecule has 0 aromatic heterocycles. The second-order valence-corrected chi connectivity index (χ2v) is 12.2. The lowest BCUT2D eigenvalue weighted by Crippen LogP contribution is -2.52. The number of nitrogens with two attached hydrogens (primary N) is 1. The molecule has 0 spiro atoms. The number of carbonyl (C=O) groups excluding carboxylic acids is 1. The summed E-state index contributed by atoms with van der Waals surface area (Å²) in [5.41, 5.74) is 6.63. The third-order valence-electron chi connectivity index (χ3n) is 8.61. The lowest BCUT2D eigenvalue weighted by atomic mass is 9.77. The number of primary amides is 1. The molecule has 1 aromatic rings. The van der Waals surface area contributed by atoms with Crippen LogP contribution in [0.3, 0.4) is 0 Å². The van der Waals surface area contributed by atoms with Crippen molar-refractivity contribution in [2.45, 2.75) is 117 Å². The number of terminal acetylenes is 1. The second kappa shape index (κ2) is 15.8. The molecular weight excluding hydrogens is 506 g/mol. The van der Waals surface area contributed by atoms with Gasteiger partial charge in [0.2, 0.25) is 5.91 Å². The van der Waals surface area contributed by atoms with Crippen molar-refractivity contribution in [1.82, 2.24) is 0 Å². The fourth-order valence-corrected chi connectivity index (χ4v) is 5.94. The van der Waals surface area contributed by atoms with Crippen molar-refractivity contribution in [2.24, 2.45) is 35.3 Å². The minimum Gasteiger partial charge on any atom is -0.497 e. The Kier molecular flexibility index (Phi) is 13.4. The van der Waals surface area contributed by atoms with Crippen LogP contribution in [0.4, 0.5) is 0 Å². The van der Waals surface area contributed by atoms with E-state index in [4.69, 9.17) is 31.1 Å². The number of hydrogen-bond donors (Lipinski definition) is 2. The minimum atomic E-state index is -0.752. The Labute approximate surface area is 242 Å². The first-order chi connectivity index (χ1) is 18.8. The van der Waals surface area contributed by atoms with E-state index in [9.17, 15) is 9.90 Å². The third-order valence-corrected chi connectivity index (χ3v) is 8.61. The fourth-order valence-electron chi connectivity index (χ4n) is 5.94. The van der Waals surface area contributed by atoms with E-state index in [0.29, 0.717) is 25.9 Å². The summed E-state index contributed by atoms with van der Waals surface area (Å²) in [5, 5.41) is 11.5. The summed E-state index contributed by atoms with van der Waals surface area (Å²) in [6.07, 6.45) is 7.90. The Morgan fingerprint density at radius 2 is 1.80 bits per heavy atom. The van der Waals surface area contributed by atoms with Crippen LogP contribution in [0.5, 0.6) is 5.75 Å². The molecule has 1 heterocycles. The topological polar surface area (TPSA) is 100 Å². The Morgan fingerprint density at radius 1 is 1.18 bits per heavy atom. The Balaban J connectivity index is 2.29. The number of rotatable bonds is 16. The van der Waals surface area contributed by atoms with Gasteiger partial charge in [0, 0.05) is 30.6 Å². The lowest BCUT2D eigenvalue weighted by Gasteiger charge is -2.47. The molecule has 7 heteroatoms. The molecule has 7 nitrogen and oxygen atoms in total. The summed E-state index contributed by atoms with van der Waals surface area (Å²) in [5.74, 6) is 2.08. The first-order valence-electron chi connectivity index (χ1n) is 14.8. The predicted octanol–water partition coefficient (Wildman–Crippen LogP) is 5.71. The Morgan fingerprint density at radius 3 is 2.35 bits per heavy atom. The first-order valence-corrected chi connectivity index (χ1v) is 14.8. The molecule has 0 saturated carbocycles. The average molecular weight is 560 g/mol. The van der Waals surface area contributed by atoms with Crippen molar-refractivity contribution >= 4 is 5.91 Å². The Bertz CT molecular complexity index is 941. The highest BCUT2D eigenvalue weighted by atomic mass is 16.7. The van der Waals surface area contributed by atoms with Crippen LogP contribution >= 0.6 is 0 Å². The van der Waals surface area contributed by atoms with Gasteiger partial charge in [0.1, 0.15) is 5.75 Å². The summed E-state index contributed by atoms with van der Waals surface area (Å²) in [6, 6.07) is 7.80. The average Bonchev–Trinajstić information content (AvgIpc) is 2.92. The van der Waals surface area contributed by atoms with Crippen LogP contribution in [0.25, 0.3) is 0 Å². The number of methoxy groups -OCH3 is 1. The maximum Gasteiger partial charge on any atom is 0.220 e. The van der Waals surface area contributed by atoms with Crippen LogP contribution in [0, 0.1) is 41.9 Å². The van der Waals surface area contributed by atoms with E-state index in [1.807, 2.05) is 58.9 Å². The normalized spacial score (nSPS) is 24.1. The number of aliphatic hydroxyl groups is 1. The highest BCUT2D eigenvalue weighted by molar-refractivity contribution is 5.76. The van der Waals surface area contributed by atoms with Crippen molar-refractivity contribution in [3.8, 4) is 18.1 Å². The molecule has 0 bridgehead atoms. The van der Waals surface area contributed by atoms with E-state index in [2.05, 4.69) is 19.8 Å². The summed E-state index contributed by atoms with van der Waals surface area (Å²) in [4.78, 5) is 11.9. The largest absolute Gasteiger partial charge is 0.497 e. The van der Waals surface area contributed by atoms with Gasteiger partial charge in [-0.05, 0) is 62.6 Å². The number of hydrogen-bond acceptors (Lipinski definition) is 6. The first kappa shape index (κ1) is 34.1. The zero-order chi connectivity index (χ0) is 30.0. The van der Waals surface area contributed by atoms with Gasteiger partial charge >= 0.3 is 0 Å². The van der Waals surface area contributed by atoms with Crippen molar-refractivity contribution in [3.63, 3.8) is 0 Å². The molecule has 0 unspecified atom stereocenters. The van der Waals surface area contributed by atoms with Gasteiger partial charge in [-0.1, -0.05) is 46.8 Å². The van der Waals surface area contributed by atoms with Crippen molar-refractivity contribution in [2.75, 3.05) is 7.11 Å². The van der Waals surface area contributed by atoms with Gasteiger partial charge in [0.15, 0.2) is 5.79 Å². The van der Waals surface area contributed by atoms with Crippen LogP contribution < -0.4 is 10.5 Å². The molecule has 9 atom stereocenters. The van der Waals surface area contributed by atoms with Crippen LogP contribution in [-0.2, 0) is 25.6 Å². The van der Waals surface area contributed by atoms with Crippen LogP contribution in [0.15, 0.2) is 24.3 Å². The van der Waals surface area contributed by atoms with Gasteiger partial charge in [-0.15, -0.1) is 12.3 Å². The third kappa shape index (κ3) is 9.76. The van der Waals surface area contributed by atoms with E-state index in [1.165, 1.54) is 0 Å². The van der Waals surface area contributed by atoms with Gasteiger partial charge in [0.05, 0.1) is 38.1 Å². The molecule has 226 valence electrons. The van der Waals surface area contributed by atoms with Crippen LogP contribution in [-0.4, -0.2) is 48.3 Å². The van der Waals surface area contributed by atoms with E-state index >= 15 is 0 Å². The van der Waals surface area contributed by atoms with Crippen LogP contribution in [0.2, 0.25) is 0 Å². The van der Waals surface area contributed by atoms with Gasteiger partial charge in [0.25, 0.3) is 0 Å². The number of aliphatic hydroxyl groups excluding tert-OH is 1. The number of carbonyl (C=O) groups is 1. The zero-order valence-electron chi connectivity index (χ0n) is 25.9. The van der Waals surface area contributed by atoms with E-state index in [0.717, 1.165) is 24.2 Å². The molecule has 1 aliphatic heterocycles. The quantitative estimate of drug-likeness (QED) is 0.252. The van der Waals surface area contributed by atoms with Crippen molar-refractivity contribution in [3.05, 3.63) is 29.8 Å². The van der Waals surface area contributed by atoms with E-state index in [1.54, 1.807) is 7.11 Å². The maximum absolute atomic E-state index is 11.9. The van der Waals surface area contributed by atoms with Gasteiger partial charge in [-0.3, -0.25) is 4.79 Å². The van der Waals surface area contributed by atoms with Crippen LogP contribution in [0.1, 0.15) is 86.1 Å². The molecule has 0 aliphatic carbocycles. The molecule has 1 fully saturated rings. The fraction of sp³-hybridized carbons (Fsp3) is 0.727. The molecule has 40 heavy (non-hydrogen) atoms. The van der Waals surface area contributed by atoms with E-state index in [-0.39, 0.29) is 53.8 Å². The summed E-state index contributed by atoms with van der Waals surface area (Å²) >= 11 is 0. The molecule has 1 aliphatic rings. The molecule has 1 aromatic carbocycles. The standard InChI is InChI=1S/C33H53NO6/c1-10-12-13-21(3)28-19-29(40-33(7,8)39-28)23(5)31(38-20-25-14-16-27(37-9)17-15-25)24(6)30(35)22(4)18-26(11-2)32(34)36/h1,14-17,21-24,26,28-31,35H,11-13,18-20H2,2-9H3,(H2,34,36)/t21-,22-,23-,24+,26-,28-,29-,30-,31-/m0/s1. The Hall–Kier alpha value is -2.11. The number of ether oxygens (including phenoxy) is 4. The molecular formula is C33H53NO6.